The van der Waals surface area contributed by atoms with E-state index < -0.39 is 0 Å². The van der Waals surface area contributed by atoms with Crippen LogP contribution in [0.2, 0.25) is 0 Å². The van der Waals surface area contributed by atoms with Gasteiger partial charge in [-0.05, 0) is 51.8 Å². The normalized spacial score (nSPS) is 11.5. The molecule has 17 heavy (non-hydrogen) atoms. The maximum Gasteiger partial charge on any atom is 0.123 e. The fourth-order valence-electron chi connectivity index (χ4n) is 2.02. The molecular weight excluding hydrogens is 212 g/mol. The molecule has 0 aliphatic heterocycles. The maximum atomic E-state index is 10.2. The summed E-state index contributed by atoms with van der Waals surface area (Å²) in [6.07, 6.45) is 0.869. The quantitative estimate of drug-likeness (QED) is 0.848. The highest BCUT2D eigenvalue weighted by atomic mass is 16.3. The molecule has 0 spiro atoms. The Morgan fingerprint density at radius 2 is 1.47 bits per heavy atom. The van der Waals surface area contributed by atoms with Gasteiger partial charge in [0.1, 0.15) is 5.75 Å². The number of rotatable bonds is 5. The first-order valence-corrected chi connectivity index (χ1v) is 6.07. The first kappa shape index (κ1) is 14.0. The van der Waals surface area contributed by atoms with Gasteiger partial charge in [0, 0.05) is 18.7 Å². The SMILES string of the molecule is CCc1cc(CN(C)C)cc(CN(C)C)c1O. The van der Waals surface area contributed by atoms with E-state index in [1.807, 2.05) is 14.1 Å². The van der Waals surface area contributed by atoms with E-state index >= 15 is 0 Å². The van der Waals surface area contributed by atoms with E-state index in [1.54, 1.807) is 0 Å². The predicted molar refractivity (Wildman–Crippen MR) is 72.3 cm³/mol. The zero-order valence-corrected chi connectivity index (χ0v) is 11.6. The van der Waals surface area contributed by atoms with Crippen molar-refractivity contribution in [2.75, 3.05) is 28.2 Å². The summed E-state index contributed by atoms with van der Waals surface area (Å²) in [7, 11) is 8.15. The monoisotopic (exact) mass is 236 g/mol. The number of benzene rings is 1. The van der Waals surface area contributed by atoms with Gasteiger partial charge in [0.15, 0.2) is 0 Å². The molecule has 0 heterocycles. The summed E-state index contributed by atoms with van der Waals surface area (Å²) in [6, 6.07) is 4.21. The second-order valence-electron chi connectivity index (χ2n) is 5.09. The Kier molecular flexibility index (Phi) is 4.97. The van der Waals surface area contributed by atoms with Crippen molar-refractivity contribution in [3.8, 4) is 5.75 Å². The van der Waals surface area contributed by atoms with E-state index in [4.69, 9.17) is 0 Å². The molecule has 0 saturated heterocycles. The average Bonchev–Trinajstić information content (AvgIpc) is 2.21. The minimum absolute atomic E-state index is 0.462. The summed E-state index contributed by atoms with van der Waals surface area (Å²) in [4.78, 5) is 4.22. The topological polar surface area (TPSA) is 26.7 Å². The minimum atomic E-state index is 0.462. The minimum Gasteiger partial charge on any atom is -0.507 e. The highest BCUT2D eigenvalue weighted by Gasteiger charge is 2.10. The highest BCUT2D eigenvalue weighted by Crippen LogP contribution is 2.26. The van der Waals surface area contributed by atoms with Gasteiger partial charge in [-0.1, -0.05) is 13.0 Å². The van der Waals surface area contributed by atoms with Gasteiger partial charge in [0.05, 0.1) is 0 Å². The second-order valence-corrected chi connectivity index (χ2v) is 5.09. The Morgan fingerprint density at radius 3 is 1.94 bits per heavy atom. The summed E-state index contributed by atoms with van der Waals surface area (Å²) >= 11 is 0. The van der Waals surface area contributed by atoms with Crippen molar-refractivity contribution in [2.45, 2.75) is 26.4 Å². The van der Waals surface area contributed by atoms with Gasteiger partial charge < -0.3 is 14.9 Å². The lowest BCUT2D eigenvalue weighted by Crippen LogP contribution is -2.14. The molecule has 0 aromatic heterocycles. The van der Waals surface area contributed by atoms with E-state index in [2.05, 4.69) is 43.0 Å². The van der Waals surface area contributed by atoms with E-state index in [-0.39, 0.29) is 0 Å². The van der Waals surface area contributed by atoms with Crippen LogP contribution in [-0.4, -0.2) is 43.1 Å². The number of hydrogen-bond acceptors (Lipinski definition) is 3. The van der Waals surface area contributed by atoms with E-state index in [9.17, 15) is 5.11 Å². The number of aryl methyl sites for hydroxylation is 1. The predicted octanol–water partition coefficient (Wildman–Crippen LogP) is 2.08. The van der Waals surface area contributed by atoms with Gasteiger partial charge in [-0.2, -0.15) is 0 Å². The van der Waals surface area contributed by atoms with Crippen LogP contribution in [0, 0.1) is 0 Å². The van der Waals surface area contributed by atoms with Crippen molar-refractivity contribution < 1.29 is 5.11 Å². The molecule has 0 aliphatic rings. The van der Waals surface area contributed by atoms with Gasteiger partial charge in [-0.15, -0.1) is 0 Å². The zero-order valence-electron chi connectivity index (χ0n) is 11.6. The maximum absolute atomic E-state index is 10.2. The van der Waals surface area contributed by atoms with Crippen molar-refractivity contribution in [3.63, 3.8) is 0 Å². The molecule has 1 aromatic rings. The van der Waals surface area contributed by atoms with Gasteiger partial charge >= 0.3 is 0 Å². The Labute approximate surface area is 105 Å². The molecule has 1 rings (SSSR count). The summed E-state index contributed by atoms with van der Waals surface area (Å²) in [5, 5.41) is 10.2. The van der Waals surface area contributed by atoms with E-state index in [0.29, 0.717) is 5.75 Å². The van der Waals surface area contributed by atoms with Crippen LogP contribution >= 0.6 is 0 Å². The largest absolute Gasteiger partial charge is 0.507 e. The summed E-state index contributed by atoms with van der Waals surface area (Å²) in [5.74, 6) is 0.462. The van der Waals surface area contributed by atoms with Crippen LogP contribution in [0.1, 0.15) is 23.6 Å². The van der Waals surface area contributed by atoms with Crippen LogP contribution in [0.3, 0.4) is 0 Å². The van der Waals surface area contributed by atoms with Gasteiger partial charge in [-0.3, -0.25) is 0 Å². The van der Waals surface area contributed by atoms with Gasteiger partial charge in [0.2, 0.25) is 0 Å². The van der Waals surface area contributed by atoms with Crippen LogP contribution in [-0.2, 0) is 19.5 Å². The lowest BCUT2D eigenvalue weighted by atomic mass is 10.0. The van der Waals surface area contributed by atoms with Crippen molar-refractivity contribution in [2.24, 2.45) is 0 Å². The lowest BCUT2D eigenvalue weighted by Gasteiger charge is -2.17. The van der Waals surface area contributed by atoms with Crippen LogP contribution in [0.15, 0.2) is 12.1 Å². The highest BCUT2D eigenvalue weighted by molar-refractivity contribution is 5.43. The third kappa shape index (κ3) is 4.02. The summed E-state index contributed by atoms with van der Waals surface area (Å²) in [5.41, 5.74) is 3.33. The van der Waals surface area contributed by atoms with Crippen LogP contribution < -0.4 is 0 Å². The first-order chi connectivity index (χ1) is 7.93. The van der Waals surface area contributed by atoms with Gasteiger partial charge in [-0.25, -0.2) is 0 Å². The van der Waals surface area contributed by atoms with Crippen molar-refractivity contribution in [1.29, 1.82) is 0 Å². The van der Waals surface area contributed by atoms with Crippen molar-refractivity contribution >= 4 is 0 Å². The van der Waals surface area contributed by atoms with Crippen LogP contribution in [0.4, 0.5) is 0 Å². The third-order valence-corrected chi connectivity index (χ3v) is 2.69. The fraction of sp³-hybridized carbons (Fsp3) is 0.571. The molecule has 0 aliphatic carbocycles. The molecule has 0 fully saturated rings. The molecule has 1 aromatic carbocycles. The molecule has 96 valence electrons. The standard InChI is InChI=1S/C14H24N2O/c1-6-12-7-11(9-15(2)3)8-13(14(12)17)10-16(4)5/h7-8,17H,6,9-10H2,1-5H3. The number of nitrogens with zero attached hydrogens (tertiary/aromatic N) is 2. The number of hydrogen-bond donors (Lipinski definition) is 1. The molecular formula is C14H24N2O. The summed E-state index contributed by atoms with van der Waals surface area (Å²) in [6.45, 7) is 3.77. The lowest BCUT2D eigenvalue weighted by molar-refractivity contribution is 0.380. The third-order valence-electron chi connectivity index (χ3n) is 2.69. The first-order valence-electron chi connectivity index (χ1n) is 6.07. The zero-order chi connectivity index (χ0) is 13.0. The Morgan fingerprint density at radius 1 is 0.941 bits per heavy atom. The average molecular weight is 236 g/mol. The molecule has 0 atom stereocenters. The summed E-state index contributed by atoms with van der Waals surface area (Å²) < 4.78 is 0. The smallest absolute Gasteiger partial charge is 0.123 e. The van der Waals surface area contributed by atoms with E-state index in [1.165, 1.54) is 5.56 Å². The molecule has 3 nitrogen and oxygen atoms in total. The molecule has 3 heteroatoms. The Balaban J connectivity index is 3.09. The number of aromatic hydroxyl groups is 1. The number of phenolic OH excluding ortho intramolecular Hbond substituents is 1. The van der Waals surface area contributed by atoms with Crippen molar-refractivity contribution in [1.82, 2.24) is 9.80 Å². The molecule has 0 bridgehead atoms. The Bertz CT molecular complexity index is 373. The second kappa shape index (κ2) is 6.03. The molecule has 0 saturated carbocycles. The van der Waals surface area contributed by atoms with Crippen LogP contribution in [0.25, 0.3) is 0 Å². The van der Waals surface area contributed by atoms with E-state index in [0.717, 1.165) is 30.6 Å². The number of phenols is 1. The molecule has 0 unspecified atom stereocenters. The Hall–Kier alpha value is -1.06. The molecule has 1 N–H and O–H groups in total. The van der Waals surface area contributed by atoms with Crippen LogP contribution in [0.5, 0.6) is 5.75 Å². The van der Waals surface area contributed by atoms with Gasteiger partial charge in [0.25, 0.3) is 0 Å². The molecule has 0 radical (unpaired) electrons. The molecule has 0 amide bonds. The fourth-order valence-corrected chi connectivity index (χ4v) is 2.02. The van der Waals surface area contributed by atoms with Crippen molar-refractivity contribution in [3.05, 3.63) is 28.8 Å².